The Labute approximate surface area is 234 Å². The van der Waals surface area contributed by atoms with Crippen LogP contribution in [0, 0.1) is 29.2 Å². The minimum atomic E-state index is -5.43. The number of hydrogen-bond donors (Lipinski definition) is 0. The molecule has 0 atom stereocenters. The molecule has 1 aliphatic heterocycles. The minimum absolute atomic E-state index is 0.197. The van der Waals surface area contributed by atoms with E-state index in [4.69, 9.17) is 9.47 Å². The quantitative estimate of drug-likeness (QED) is 0.180. The first kappa shape index (κ1) is 31.2. The number of allylic oxidation sites excluding steroid dienone is 2. The molecule has 0 unspecified atom stereocenters. The van der Waals surface area contributed by atoms with Crippen LogP contribution in [0.25, 0.3) is 11.1 Å². The molecular weight excluding hydrogens is 583 g/mol. The Bertz CT molecular complexity index is 1370. The molecule has 0 bridgehead atoms. The third-order valence-corrected chi connectivity index (χ3v) is 6.23. The minimum Gasteiger partial charge on any atom is -0.429 e. The molecule has 0 saturated carbocycles. The highest BCUT2D eigenvalue weighted by atomic mass is 19.4. The van der Waals surface area contributed by atoms with Gasteiger partial charge in [-0.25, -0.2) is 17.6 Å². The Morgan fingerprint density at radius 1 is 0.810 bits per heavy atom. The molecule has 1 saturated heterocycles. The van der Waals surface area contributed by atoms with Crippen LogP contribution in [0.3, 0.4) is 0 Å². The molecule has 3 aromatic carbocycles. The molecular formula is C29H23F9O4. The lowest BCUT2D eigenvalue weighted by molar-refractivity contribution is -0.276. The van der Waals surface area contributed by atoms with E-state index in [9.17, 15) is 39.5 Å². The predicted octanol–water partition coefficient (Wildman–Crippen LogP) is 8.95. The van der Waals surface area contributed by atoms with Crippen LogP contribution in [-0.4, -0.2) is 19.6 Å². The second kappa shape index (κ2) is 12.7. The molecule has 1 fully saturated rings. The van der Waals surface area contributed by atoms with Crippen LogP contribution in [0.15, 0.2) is 60.7 Å². The van der Waals surface area contributed by atoms with Crippen molar-refractivity contribution in [3.8, 4) is 22.6 Å². The van der Waals surface area contributed by atoms with E-state index in [1.54, 1.807) is 0 Å². The molecule has 13 heteroatoms. The number of halogens is 9. The maximum Gasteiger partial charge on any atom is 0.573 e. The summed E-state index contributed by atoms with van der Waals surface area (Å²) in [4.78, 5) is 0. The van der Waals surface area contributed by atoms with Gasteiger partial charge in [-0.3, -0.25) is 0 Å². The van der Waals surface area contributed by atoms with Gasteiger partial charge in [0.1, 0.15) is 17.4 Å². The van der Waals surface area contributed by atoms with E-state index in [0.717, 1.165) is 25.0 Å². The van der Waals surface area contributed by atoms with Crippen LogP contribution in [0.1, 0.15) is 37.2 Å². The average molecular weight is 606 g/mol. The fourth-order valence-corrected chi connectivity index (χ4v) is 4.24. The zero-order chi connectivity index (χ0) is 30.7. The molecule has 1 aliphatic rings. The molecule has 4 rings (SSSR count). The second-order valence-electron chi connectivity index (χ2n) is 9.33. The van der Waals surface area contributed by atoms with Gasteiger partial charge >= 0.3 is 12.5 Å². The lowest BCUT2D eigenvalue weighted by Crippen LogP contribution is -2.27. The normalized spacial score (nSPS) is 18.0. The molecule has 0 N–H and O–H groups in total. The van der Waals surface area contributed by atoms with Crippen LogP contribution in [-0.2, 0) is 15.6 Å². The number of benzene rings is 3. The first-order chi connectivity index (χ1) is 19.8. The first-order valence-corrected chi connectivity index (χ1v) is 12.5. The van der Waals surface area contributed by atoms with E-state index in [0.29, 0.717) is 30.9 Å². The maximum atomic E-state index is 14.8. The van der Waals surface area contributed by atoms with Gasteiger partial charge in [-0.15, -0.1) is 13.2 Å². The lowest BCUT2D eigenvalue weighted by atomic mass is 10.0. The number of hydrogen-bond acceptors (Lipinski definition) is 4. The first-order valence-electron chi connectivity index (χ1n) is 12.5. The molecule has 226 valence electrons. The number of rotatable bonds is 9. The molecule has 0 radical (unpaired) electrons. The Kier molecular flexibility index (Phi) is 9.41. The fraction of sp³-hybridized carbons (Fsp3) is 0.310. The summed E-state index contributed by atoms with van der Waals surface area (Å²) in [5.74, 6) is -9.55. The van der Waals surface area contributed by atoms with Crippen LogP contribution in [0.2, 0.25) is 0 Å². The van der Waals surface area contributed by atoms with Crippen molar-refractivity contribution in [3.05, 3.63) is 95.1 Å². The van der Waals surface area contributed by atoms with Gasteiger partial charge in [0.15, 0.2) is 17.9 Å². The summed E-state index contributed by atoms with van der Waals surface area (Å²) < 4.78 is 143. The smallest absolute Gasteiger partial charge is 0.429 e. The molecule has 0 aliphatic carbocycles. The largest absolute Gasteiger partial charge is 0.573 e. The number of alkyl halides is 5. The van der Waals surface area contributed by atoms with Gasteiger partial charge in [-0.05, 0) is 49.6 Å². The lowest BCUT2D eigenvalue weighted by Gasteiger charge is -2.29. The van der Waals surface area contributed by atoms with E-state index in [1.807, 2.05) is 19.1 Å². The summed E-state index contributed by atoms with van der Waals surface area (Å²) in [6.45, 7) is 2.79. The highest BCUT2D eigenvalue weighted by Crippen LogP contribution is 2.38. The highest BCUT2D eigenvalue weighted by molar-refractivity contribution is 5.67. The summed E-state index contributed by atoms with van der Waals surface area (Å²) in [6.07, 6.45) is -4.53. The standard InChI is InChI=1S/C29H23F9O4/c1-2-3-4-5-16-14-39-27(40-15-16)17-6-8-19(9-7-17)28(34,35)41-20-12-21(30)25(22(31)13-20)18-10-23(32)26(24(33)11-18)42-29(36,37)38/h2-3,6-13,16,27H,4-5,14-15H2,1H3/b3-2+. The van der Waals surface area contributed by atoms with E-state index in [2.05, 4.69) is 9.47 Å². The average Bonchev–Trinajstić information content (AvgIpc) is 2.90. The van der Waals surface area contributed by atoms with Gasteiger partial charge in [-0.2, -0.15) is 8.78 Å². The molecule has 4 nitrogen and oxygen atoms in total. The highest BCUT2D eigenvalue weighted by Gasteiger charge is 2.37. The molecule has 42 heavy (non-hydrogen) atoms. The van der Waals surface area contributed by atoms with Crippen molar-refractivity contribution in [1.29, 1.82) is 0 Å². The summed E-state index contributed by atoms with van der Waals surface area (Å²) in [7, 11) is 0. The van der Waals surface area contributed by atoms with Crippen molar-refractivity contribution in [1.82, 2.24) is 0 Å². The van der Waals surface area contributed by atoms with Gasteiger partial charge in [0, 0.05) is 23.6 Å². The Balaban J connectivity index is 1.46. The van der Waals surface area contributed by atoms with E-state index in [1.165, 1.54) is 12.1 Å². The van der Waals surface area contributed by atoms with Crippen LogP contribution in [0.4, 0.5) is 39.5 Å². The summed E-state index contributed by atoms with van der Waals surface area (Å²) >= 11 is 0. The van der Waals surface area contributed by atoms with E-state index < -0.39 is 70.2 Å². The zero-order valence-electron chi connectivity index (χ0n) is 21.8. The van der Waals surface area contributed by atoms with Gasteiger partial charge < -0.3 is 18.9 Å². The predicted molar refractivity (Wildman–Crippen MR) is 132 cm³/mol. The van der Waals surface area contributed by atoms with E-state index in [-0.39, 0.29) is 18.1 Å². The van der Waals surface area contributed by atoms with Crippen molar-refractivity contribution in [2.24, 2.45) is 5.92 Å². The Hall–Kier alpha value is -3.71. The van der Waals surface area contributed by atoms with Crippen LogP contribution in [0.5, 0.6) is 11.5 Å². The SMILES string of the molecule is C/C=C/CCC1COC(c2ccc(C(F)(F)Oc3cc(F)c(-c4cc(F)c(OC(F)(F)F)c(F)c4)c(F)c3)cc2)OC1. The zero-order valence-corrected chi connectivity index (χ0v) is 21.8. The third kappa shape index (κ3) is 7.57. The maximum absolute atomic E-state index is 14.8. The molecule has 3 aromatic rings. The van der Waals surface area contributed by atoms with Crippen molar-refractivity contribution in [2.75, 3.05) is 13.2 Å². The van der Waals surface area contributed by atoms with Crippen molar-refractivity contribution in [2.45, 2.75) is 38.5 Å². The third-order valence-electron chi connectivity index (χ3n) is 6.23. The van der Waals surface area contributed by atoms with Crippen LogP contribution >= 0.6 is 0 Å². The molecule has 0 amide bonds. The van der Waals surface area contributed by atoms with Crippen LogP contribution < -0.4 is 9.47 Å². The molecule has 0 aromatic heterocycles. The Morgan fingerprint density at radius 3 is 1.90 bits per heavy atom. The summed E-state index contributed by atoms with van der Waals surface area (Å²) in [6, 6.07) is 5.79. The number of ether oxygens (including phenoxy) is 4. The van der Waals surface area contributed by atoms with Gasteiger partial charge in [0.2, 0.25) is 5.75 Å². The summed E-state index contributed by atoms with van der Waals surface area (Å²) in [5, 5.41) is 0. The monoisotopic (exact) mass is 606 g/mol. The van der Waals surface area contributed by atoms with Crippen molar-refractivity contribution in [3.63, 3.8) is 0 Å². The van der Waals surface area contributed by atoms with Crippen molar-refractivity contribution >= 4 is 0 Å². The second-order valence-corrected chi connectivity index (χ2v) is 9.33. The Morgan fingerprint density at radius 2 is 1.38 bits per heavy atom. The van der Waals surface area contributed by atoms with Crippen molar-refractivity contribution < 1.29 is 58.5 Å². The summed E-state index contributed by atoms with van der Waals surface area (Å²) in [5.41, 5.74) is -2.14. The van der Waals surface area contributed by atoms with Gasteiger partial charge in [0.05, 0.1) is 24.3 Å². The topological polar surface area (TPSA) is 36.9 Å². The molecule has 0 spiro atoms. The van der Waals surface area contributed by atoms with Gasteiger partial charge in [0.25, 0.3) is 0 Å². The van der Waals surface area contributed by atoms with E-state index >= 15 is 0 Å². The van der Waals surface area contributed by atoms with Gasteiger partial charge in [-0.1, -0.05) is 24.3 Å². The fourth-order valence-electron chi connectivity index (χ4n) is 4.24. The molecule has 1 heterocycles.